The molecule has 10 heteroatoms. The zero-order valence-electron chi connectivity index (χ0n) is 21.4. The van der Waals surface area contributed by atoms with Crippen molar-refractivity contribution in [3.05, 3.63) is 41.9 Å². The largest absolute Gasteiger partial charge is 0.345 e. The lowest BCUT2D eigenvalue weighted by molar-refractivity contribution is -0.135. The van der Waals surface area contributed by atoms with Gasteiger partial charge >= 0.3 is 0 Å². The number of halogens is 2. The summed E-state index contributed by atoms with van der Waals surface area (Å²) in [5, 5.41) is 5.67. The monoisotopic (exact) mass is 515 g/mol. The van der Waals surface area contributed by atoms with Gasteiger partial charge in [0, 0.05) is 37.1 Å². The molecule has 1 aliphatic heterocycles. The van der Waals surface area contributed by atoms with Crippen LogP contribution in [-0.4, -0.2) is 51.2 Å². The summed E-state index contributed by atoms with van der Waals surface area (Å²) in [5.74, 6) is -1.27. The molecule has 3 atom stereocenters. The summed E-state index contributed by atoms with van der Waals surface area (Å²) in [6.45, 7) is 4.47. The van der Waals surface area contributed by atoms with Crippen molar-refractivity contribution in [1.82, 2.24) is 25.5 Å². The Hall–Kier alpha value is -3.30. The van der Waals surface area contributed by atoms with Crippen molar-refractivity contribution in [3.8, 4) is 11.3 Å². The predicted octanol–water partition coefficient (Wildman–Crippen LogP) is 4.00. The van der Waals surface area contributed by atoms with E-state index in [2.05, 4.69) is 20.6 Å². The van der Waals surface area contributed by atoms with Gasteiger partial charge < -0.3 is 20.5 Å². The summed E-state index contributed by atoms with van der Waals surface area (Å²) in [5.41, 5.74) is 0.512. The minimum absolute atomic E-state index is 0.00788. The molecular weight excluding hydrogens is 480 g/mol. The van der Waals surface area contributed by atoms with Gasteiger partial charge in [-0.1, -0.05) is 0 Å². The summed E-state index contributed by atoms with van der Waals surface area (Å²) >= 11 is 0. The number of amides is 3. The highest BCUT2D eigenvalue weighted by Gasteiger charge is 2.30. The molecule has 3 amide bonds. The Balaban J connectivity index is 1.39. The first-order valence-electron chi connectivity index (χ1n) is 13.1. The van der Waals surface area contributed by atoms with Crippen LogP contribution in [-0.2, 0) is 14.4 Å². The van der Waals surface area contributed by atoms with Crippen molar-refractivity contribution in [2.24, 2.45) is 5.92 Å². The number of hydrogen-bond donors (Lipinski definition) is 3. The van der Waals surface area contributed by atoms with Crippen LogP contribution in [0.25, 0.3) is 11.3 Å². The number of aromatic amines is 1. The Kier molecular flexibility index (Phi) is 8.56. The average Bonchev–Trinajstić information content (AvgIpc) is 3.53. The van der Waals surface area contributed by atoms with Crippen LogP contribution < -0.4 is 10.6 Å². The van der Waals surface area contributed by atoms with Gasteiger partial charge in [0.2, 0.25) is 17.7 Å². The van der Waals surface area contributed by atoms with E-state index < -0.39 is 29.6 Å². The Labute approximate surface area is 215 Å². The van der Waals surface area contributed by atoms with Gasteiger partial charge in [0.15, 0.2) is 0 Å². The number of benzene rings is 1. The fourth-order valence-corrected chi connectivity index (χ4v) is 4.77. The average molecular weight is 516 g/mol. The number of carbonyl (C=O) groups excluding carboxylic acids is 3. The third-order valence-electron chi connectivity index (χ3n) is 7.18. The normalized spacial score (nSPS) is 19.2. The van der Waals surface area contributed by atoms with Crippen LogP contribution in [0.3, 0.4) is 0 Å². The predicted molar refractivity (Wildman–Crippen MR) is 134 cm³/mol. The highest BCUT2D eigenvalue weighted by atomic mass is 19.1. The Morgan fingerprint density at radius 1 is 1.16 bits per heavy atom. The van der Waals surface area contributed by atoms with Crippen LogP contribution in [0.2, 0.25) is 0 Å². The maximum absolute atomic E-state index is 14.2. The van der Waals surface area contributed by atoms with E-state index in [1.54, 1.807) is 6.92 Å². The molecule has 2 heterocycles. The van der Waals surface area contributed by atoms with Gasteiger partial charge in [-0.2, -0.15) is 0 Å². The van der Waals surface area contributed by atoms with Gasteiger partial charge in [-0.3, -0.25) is 14.4 Å². The molecule has 1 saturated carbocycles. The molecule has 2 aromatic rings. The Morgan fingerprint density at radius 2 is 1.95 bits per heavy atom. The number of rotatable bonds is 10. The summed E-state index contributed by atoms with van der Waals surface area (Å²) < 4.78 is 27.4. The van der Waals surface area contributed by atoms with E-state index in [9.17, 15) is 23.2 Å². The van der Waals surface area contributed by atoms with Crippen LogP contribution in [0.4, 0.5) is 8.78 Å². The molecule has 0 unspecified atom stereocenters. The number of nitrogens with one attached hydrogen (secondary N) is 3. The smallest absolute Gasteiger partial charge is 0.243 e. The summed E-state index contributed by atoms with van der Waals surface area (Å²) in [4.78, 5) is 47.6. The molecular formula is C27H35F2N5O3. The first kappa shape index (κ1) is 26.8. The maximum atomic E-state index is 14.2. The van der Waals surface area contributed by atoms with Crippen molar-refractivity contribution < 1.29 is 23.2 Å². The van der Waals surface area contributed by atoms with Crippen LogP contribution in [0.15, 0.2) is 24.4 Å². The fraction of sp³-hybridized carbons (Fsp3) is 0.556. The number of carbonyl (C=O) groups is 3. The number of aromatic nitrogens is 2. The van der Waals surface area contributed by atoms with Gasteiger partial charge in [-0.25, -0.2) is 13.8 Å². The third-order valence-corrected chi connectivity index (χ3v) is 7.18. The van der Waals surface area contributed by atoms with E-state index >= 15 is 0 Å². The molecule has 0 radical (unpaired) electrons. The highest BCUT2D eigenvalue weighted by molar-refractivity contribution is 5.88. The second-order valence-corrected chi connectivity index (χ2v) is 10.3. The van der Waals surface area contributed by atoms with Crippen LogP contribution >= 0.6 is 0 Å². The minimum Gasteiger partial charge on any atom is -0.345 e. The number of imidazole rings is 1. The molecule has 1 aliphatic carbocycles. The molecule has 1 saturated heterocycles. The molecule has 37 heavy (non-hydrogen) atoms. The van der Waals surface area contributed by atoms with Crippen molar-refractivity contribution in [3.63, 3.8) is 0 Å². The fourth-order valence-electron chi connectivity index (χ4n) is 4.77. The maximum Gasteiger partial charge on any atom is 0.243 e. The molecule has 2 fully saturated rings. The summed E-state index contributed by atoms with van der Waals surface area (Å²) in [6.07, 6.45) is 7.23. The molecule has 1 aromatic heterocycles. The number of H-pyrrole nitrogens is 1. The summed E-state index contributed by atoms with van der Waals surface area (Å²) in [6, 6.07) is 2.01. The Morgan fingerprint density at radius 3 is 2.65 bits per heavy atom. The van der Waals surface area contributed by atoms with E-state index in [-0.39, 0.29) is 36.3 Å². The number of likely N-dealkylation sites (tertiary alicyclic amines) is 1. The quantitative estimate of drug-likeness (QED) is 0.445. The molecule has 1 aromatic carbocycles. The lowest BCUT2D eigenvalue weighted by Crippen LogP contribution is -2.48. The van der Waals surface area contributed by atoms with Gasteiger partial charge in [0.1, 0.15) is 23.5 Å². The van der Waals surface area contributed by atoms with Gasteiger partial charge in [0.05, 0.1) is 17.9 Å². The lowest BCUT2D eigenvalue weighted by atomic mass is 10.0. The number of piperidine rings is 1. The molecule has 8 nitrogen and oxygen atoms in total. The van der Waals surface area contributed by atoms with E-state index in [0.29, 0.717) is 23.9 Å². The lowest BCUT2D eigenvalue weighted by Gasteiger charge is -2.34. The molecule has 2 aliphatic rings. The van der Waals surface area contributed by atoms with Crippen molar-refractivity contribution in [1.29, 1.82) is 0 Å². The number of nitrogens with zero attached hydrogens (tertiary/aromatic N) is 2. The van der Waals surface area contributed by atoms with Gasteiger partial charge in [-0.05, 0) is 70.4 Å². The van der Waals surface area contributed by atoms with E-state index in [1.807, 2.05) is 11.8 Å². The number of hydrogen-bond acceptors (Lipinski definition) is 4. The zero-order chi connectivity index (χ0) is 26.5. The molecule has 3 N–H and O–H groups in total. The standard InChI is InChI=1S/C27H35F2N5O3/c1-16-5-3-4-12-34(16)25(36)11-10-22(32-24(35)13-18-6-7-18)27(37)31-17(2)26-30-15-23(33-26)20-9-8-19(28)14-21(20)29/h8-9,14-18,22H,3-7,10-13H2,1-2H3,(H,30,33)(H,31,37)(H,32,35)/t16-,17-,22-/m0/s1. The second kappa shape index (κ2) is 11.8. The first-order chi connectivity index (χ1) is 17.7. The molecule has 0 bridgehead atoms. The van der Waals surface area contributed by atoms with E-state index in [4.69, 9.17) is 0 Å². The minimum atomic E-state index is -0.860. The van der Waals surface area contributed by atoms with Crippen LogP contribution in [0, 0.1) is 17.6 Å². The topological polar surface area (TPSA) is 107 Å². The molecule has 200 valence electrons. The van der Waals surface area contributed by atoms with Crippen molar-refractivity contribution >= 4 is 17.7 Å². The van der Waals surface area contributed by atoms with E-state index in [1.165, 1.54) is 12.3 Å². The summed E-state index contributed by atoms with van der Waals surface area (Å²) in [7, 11) is 0. The van der Waals surface area contributed by atoms with Gasteiger partial charge in [-0.15, -0.1) is 0 Å². The Bertz CT molecular complexity index is 1130. The van der Waals surface area contributed by atoms with Gasteiger partial charge in [0.25, 0.3) is 0 Å². The van der Waals surface area contributed by atoms with Crippen LogP contribution in [0.5, 0.6) is 0 Å². The third kappa shape index (κ3) is 7.14. The SMILES string of the molecule is C[C@H](NC(=O)[C@H](CCC(=O)N1CCCC[C@@H]1C)NC(=O)CC1CC1)c1ncc(-c2ccc(F)cc2F)[nH]1. The molecule has 4 rings (SSSR count). The second-order valence-electron chi connectivity index (χ2n) is 10.3. The molecule has 0 spiro atoms. The van der Waals surface area contributed by atoms with Crippen LogP contribution in [0.1, 0.15) is 77.1 Å². The highest BCUT2D eigenvalue weighted by Crippen LogP contribution is 2.32. The van der Waals surface area contributed by atoms with Crippen molar-refractivity contribution in [2.45, 2.75) is 83.3 Å². The zero-order valence-corrected chi connectivity index (χ0v) is 21.4. The first-order valence-corrected chi connectivity index (χ1v) is 13.1. The van der Waals surface area contributed by atoms with E-state index in [0.717, 1.165) is 50.8 Å². The van der Waals surface area contributed by atoms with Crippen molar-refractivity contribution in [2.75, 3.05) is 6.54 Å².